The van der Waals surface area contributed by atoms with Crippen LogP contribution in [0.2, 0.25) is 5.02 Å². The number of halogens is 1. The monoisotopic (exact) mass is 379 g/mol. The molecule has 1 atom stereocenters. The summed E-state index contributed by atoms with van der Waals surface area (Å²) in [5.41, 5.74) is 2.28. The van der Waals surface area contributed by atoms with Crippen molar-refractivity contribution in [1.29, 1.82) is 0 Å². The van der Waals surface area contributed by atoms with E-state index >= 15 is 0 Å². The van der Waals surface area contributed by atoms with Gasteiger partial charge in [-0.1, -0.05) is 48.0 Å². The first-order valence-corrected chi connectivity index (χ1v) is 8.62. The van der Waals surface area contributed by atoms with Crippen LogP contribution in [0.3, 0.4) is 0 Å². The van der Waals surface area contributed by atoms with Crippen molar-refractivity contribution in [3.05, 3.63) is 99.1 Å². The average molecular weight is 380 g/mol. The predicted octanol–water partition coefficient (Wildman–Crippen LogP) is 5.02. The zero-order valence-electron chi connectivity index (χ0n) is 14.0. The summed E-state index contributed by atoms with van der Waals surface area (Å²) in [5, 5.41) is 14.7. The summed E-state index contributed by atoms with van der Waals surface area (Å²) in [7, 11) is 0. The Morgan fingerprint density at radius 2 is 1.70 bits per heavy atom. The summed E-state index contributed by atoms with van der Waals surface area (Å²) >= 11 is 5.95. The van der Waals surface area contributed by atoms with E-state index < -0.39 is 11.1 Å². The van der Waals surface area contributed by atoms with Crippen molar-refractivity contribution >= 4 is 34.6 Å². The van der Waals surface area contributed by atoms with Crippen LogP contribution in [0.15, 0.2) is 72.8 Å². The molecule has 0 fully saturated rings. The third-order valence-corrected chi connectivity index (χ3v) is 4.76. The van der Waals surface area contributed by atoms with Crippen LogP contribution in [0, 0.1) is 10.1 Å². The lowest BCUT2D eigenvalue weighted by Gasteiger charge is -2.38. The fourth-order valence-corrected chi connectivity index (χ4v) is 3.37. The van der Waals surface area contributed by atoms with E-state index in [1.54, 1.807) is 23.1 Å². The van der Waals surface area contributed by atoms with Crippen molar-refractivity contribution in [2.45, 2.75) is 6.17 Å². The van der Waals surface area contributed by atoms with Gasteiger partial charge < -0.3 is 5.32 Å². The van der Waals surface area contributed by atoms with Gasteiger partial charge in [-0.25, -0.2) is 0 Å². The summed E-state index contributed by atoms with van der Waals surface area (Å²) in [6.07, 6.45) is -0.606. The Morgan fingerprint density at radius 3 is 2.44 bits per heavy atom. The van der Waals surface area contributed by atoms with Crippen LogP contribution in [-0.2, 0) is 0 Å². The second-order valence-electron chi connectivity index (χ2n) is 6.07. The second kappa shape index (κ2) is 6.74. The van der Waals surface area contributed by atoms with Gasteiger partial charge in [0.1, 0.15) is 11.2 Å². The van der Waals surface area contributed by atoms with Gasteiger partial charge in [-0.15, -0.1) is 0 Å². The first-order chi connectivity index (χ1) is 13.1. The van der Waals surface area contributed by atoms with Crippen LogP contribution in [0.25, 0.3) is 0 Å². The van der Waals surface area contributed by atoms with Crippen LogP contribution in [0.4, 0.5) is 17.1 Å². The molecule has 4 rings (SSSR count). The molecule has 1 aliphatic heterocycles. The normalized spacial score (nSPS) is 15.8. The van der Waals surface area contributed by atoms with Crippen LogP contribution in [0.1, 0.15) is 22.1 Å². The Balaban J connectivity index is 1.88. The van der Waals surface area contributed by atoms with E-state index in [0.717, 1.165) is 0 Å². The third-order valence-electron chi connectivity index (χ3n) is 4.44. The Morgan fingerprint density at radius 1 is 1.00 bits per heavy atom. The minimum Gasteiger partial charge on any atom is -0.360 e. The molecular weight excluding hydrogens is 366 g/mol. The van der Waals surface area contributed by atoms with E-state index in [1.165, 1.54) is 12.1 Å². The number of nitro benzene ring substituents is 1. The van der Waals surface area contributed by atoms with E-state index in [4.69, 9.17) is 11.6 Å². The van der Waals surface area contributed by atoms with Gasteiger partial charge in [0.05, 0.1) is 10.5 Å². The summed E-state index contributed by atoms with van der Waals surface area (Å²) in [4.78, 5) is 25.6. The van der Waals surface area contributed by atoms with E-state index in [1.807, 2.05) is 42.5 Å². The molecule has 3 aromatic carbocycles. The van der Waals surface area contributed by atoms with E-state index in [2.05, 4.69) is 5.32 Å². The zero-order valence-corrected chi connectivity index (χ0v) is 14.8. The molecule has 0 bridgehead atoms. The number of rotatable bonds is 3. The molecule has 0 radical (unpaired) electrons. The minimum absolute atomic E-state index is 0.0533. The molecule has 0 aromatic heterocycles. The van der Waals surface area contributed by atoms with Crippen molar-refractivity contribution in [3.8, 4) is 0 Å². The number of hydrogen-bond acceptors (Lipinski definition) is 4. The number of para-hydroxylation sites is 2. The number of benzene rings is 3. The smallest absolute Gasteiger partial charge is 0.288 e. The van der Waals surface area contributed by atoms with E-state index in [9.17, 15) is 14.9 Å². The number of nitrogens with one attached hydrogen (secondary N) is 1. The van der Waals surface area contributed by atoms with Crippen LogP contribution in [0.5, 0.6) is 0 Å². The molecule has 0 aliphatic carbocycles. The highest BCUT2D eigenvalue weighted by molar-refractivity contribution is 6.32. The molecule has 6 nitrogen and oxygen atoms in total. The molecule has 0 spiro atoms. The van der Waals surface area contributed by atoms with E-state index in [-0.39, 0.29) is 16.6 Å². The Kier molecular flexibility index (Phi) is 4.25. The van der Waals surface area contributed by atoms with Crippen molar-refractivity contribution in [1.82, 2.24) is 0 Å². The molecule has 0 unspecified atom stereocenters. The highest BCUT2D eigenvalue weighted by Gasteiger charge is 2.34. The van der Waals surface area contributed by atoms with Gasteiger partial charge in [0.15, 0.2) is 0 Å². The maximum atomic E-state index is 13.2. The zero-order chi connectivity index (χ0) is 19.0. The largest absolute Gasteiger partial charge is 0.360 e. The molecule has 27 heavy (non-hydrogen) atoms. The number of fused-ring (bicyclic) bond motifs is 1. The molecule has 7 heteroatoms. The molecule has 3 aromatic rings. The highest BCUT2D eigenvalue weighted by atomic mass is 35.5. The van der Waals surface area contributed by atoms with Gasteiger partial charge in [-0.3, -0.25) is 19.8 Å². The lowest BCUT2D eigenvalue weighted by molar-refractivity contribution is -0.384. The van der Waals surface area contributed by atoms with Crippen molar-refractivity contribution in [3.63, 3.8) is 0 Å². The number of carbonyl (C=O) groups is 1. The standard InChI is InChI=1S/C20H14ClN3O3/c21-16-11-10-13(12-18(16)24(26)27)19-22-17-9-5-4-8-15(17)20(25)23(19)14-6-2-1-3-7-14/h1-12,19,22H/t19-/m1/s1. The molecule has 0 saturated heterocycles. The molecule has 1 aliphatic rings. The van der Waals surface area contributed by atoms with Crippen molar-refractivity contribution in [2.24, 2.45) is 0 Å². The van der Waals surface area contributed by atoms with Gasteiger partial charge in [-0.05, 0) is 30.3 Å². The summed E-state index contributed by atoms with van der Waals surface area (Å²) in [6, 6.07) is 20.9. The minimum atomic E-state index is -0.606. The predicted molar refractivity (Wildman–Crippen MR) is 104 cm³/mol. The number of nitro groups is 1. The maximum Gasteiger partial charge on any atom is 0.288 e. The molecular formula is C20H14ClN3O3. The van der Waals surface area contributed by atoms with Crippen molar-refractivity contribution in [2.75, 3.05) is 10.2 Å². The quantitative estimate of drug-likeness (QED) is 0.512. The average Bonchev–Trinajstić information content (AvgIpc) is 2.69. The number of hydrogen-bond donors (Lipinski definition) is 1. The number of carbonyl (C=O) groups excluding carboxylic acids is 1. The number of nitrogens with zero attached hydrogens (tertiary/aromatic N) is 2. The summed E-state index contributed by atoms with van der Waals surface area (Å²) in [5.74, 6) is -0.182. The molecule has 1 heterocycles. The lowest BCUT2D eigenvalue weighted by Crippen LogP contribution is -2.43. The SMILES string of the molecule is O=C1c2ccccc2N[C@@H](c2ccc(Cl)c([N+](=O)[O-])c2)N1c1ccccc1. The first-order valence-electron chi connectivity index (χ1n) is 8.24. The second-order valence-corrected chi connectivity index (χ2v) is 6.48. The van der Waals surface area contributed by atoms with Crippen LogP contribution in [-0.4, -0.2) is 10.8 Å². The topological polar surface area (TPSA) is 75.5 Å². The van der Waals surface area contributed by atoms with Gasteiger partial charge in [-0.2, -0.15) is 0 Å². The number of anilines is 2. The molecule has 0 saturated carbocycles. The highest BCUT2D eigenvalue weighted by Crippen LogP contribution is 2.38. The van der Waals surface area contributed by atoms with Gasteiger partial charge in [0.25, 0.3) is 11.6 Å². The van der Waals surface area contributed by atoms with Crippen molar-refractivity contribution < 1.29 is 9.72 Å². The fourth-order valence-electron chi connectivity index (χ4n) is 3.18. The number of amides is 1. The Labute approximate surface area is 160 Å². The first kappa shape index (κ1) is 17.1. The Bertz CT molecular complexity index is 1040. The van der Waals surface area contributed by atoms with Crippen LogP contribution >= 0.6 is 11.6 Å². The van der Waals surface area contributed by atoms with Gasteiger partial charge >= 0.3 is 0 Å². The molecule has 1 N–H and O–H groups in total. The molecule has 1 amide bonds. The third kappa shape index (κ3) is 3.00. The fraction of sp³-hybridized carbons (Fsp3) is 0.0500. The lowest BCUT2D eigenvalue weighted by atomic mass is 10.0. The maximum absolute atomic E-state index is 13.2. The van der Waals surface area contributed by atoms with Gasteiger partial charge in [0.2, 0.25) is 0 Å². The summed E-state index contributed by atoms with van der Waals surface area (Å²) in [6.45, 7) is 0. The van der Waals surface area contributed by atoms with E-state index in [0.29, 0.717) is 22.5 Å². The van der Waals surface area contributed by atoms with Gasteiger partial charge in [0, 0.05) is 23.0 Å². The molecule has 134 valence electrons. The van der Waals surface area contributed by atoms with Crippen LogP contribution < -0.4 is 10.2 Å². The summed E-state index contributed by atoms with van der Waals surface area (Å²) < 4.78 is 0. The Hall–Kier alpha value is -3.38.